The van der Waals surface area contributed by atoms with Gasteiger partial charge in [-0.3, -0.25) is 4.79 Å². The largest absolute Gasteiger partial charge is 1.00 e. The number of carboxylic acid groups (broad SMARTS) is 2. The Morgan fingerprint density at radius 3 is 1.35 bits per heavy atom. The number of aliphatic carboxylic acids is 2. The van der Waals surface area contributed by atoms with Crippen LogP contribution in [0.25, 0.3) is 0 Å². The molecule has 0 bridgehead atoms. The molecule has 0 aromatic heterocycles. The number of nitrogens with two attached hydrogens (primary N) is 1. The molecule has 0 fully saturated rings. The number of nitrogens with one attached hydrogen (secondary N) is 1. The number of rotatable bonds is 14. The van der Waals surface area contributed by atoms with Crippen molar-refractivity contribution in [2.45, 2.75) is 79.2 Å². The standard InChI is InChI=1S/C11H8F17NO2S.C5H9NO4.Na/c1-2-3-29-32(30,31)11(27,28)9(22,23)7(18,19)5(14,15)4(12,13)6(16,17)8(20,21)10(24,25)26;6-3(5(9)10)1-2-4(7)8;/h29H,2-3H2,1H3;3H,1-2,6H2,(H,7,8)(H,9,10);/q;;+1/p-1. The van der Waals surface area contributed by atoms with Gasteiger partial charge >= 0.3 is 82.5 Å². The van der Waals surface area contributed by atoms with E-state index in [4.69, 9.17) is 10.8 Å². The fourth-order valence-corrected chi connectivity index (χ4v) is 3.16. The van der Waals surface area contributed by atoms with Crippen LogP contribution in [0.1, 0.15) is 26.2 Å². The Morgan fingerprint density at radius 1 is 0.744 bits per heavy atom. The maximum atomic E-state index is 13.5. The molecule has 252 valence electrons. The van der Waals surface area contributed by atoms with Crippen LogP contribution in [0.2, 0.25) is 0 Å². The Morgan fingerprint density at radius 2 is 1.07 bits per heavy atom. The van der Waals surface area contributed by atoms with Crippen molar-refractivity contribution in [2.24, 2.45) is 5.73 Å². The number of carbonyl (C=O) groups is 2. The van der Waals surface area contributed by atoms with E-state index >= 15 is 0 Å². The Balaban J connectivity index is -0.00000124. The molecule has 4 N–H and O–H groups in total. The number of carboxylic acids is 2. The van der Waals surface area contributed by atoms with Gasteiger partial charge in [0.05, 0.1) is 5.97 Å². The molecule has 0 saturated heterocycles. The van der Waals surface area contributed by atoms with Crippen molar-refractivity contribution in [3.8, 4) is 0 Å². The van der Waals surface area contributed by atoms with E-state index in [0.29, 0.717) is 4.72 Å². The minimum Gasteiger partial charge on any atom is -0.548 e. The van der Waals surface area contributed by atoms with E-state index in [-0.39, 0.29) is 42.4 Å². The van der Waals surface area contributed by atoms with Crippen LogP contribution in [0, 0.1) is 0 Å². The Hall–Kier alpha value is -1.38. The van der Waals surface area contributed by atoms with E-state index in [1.165, 1.54) is 0 Å². The van der Waals surface area contributed by atoms with E-state index < -0.39 is 87.9 Å². The predicted molar refractivity (Wildman–Crippen MR) is 97.7 cm³/mol. The second-order valence-corrected chi connectivity index (χ2v) is 9.52. The Kier molecular flexibility index (Phi) is 15.4. The van der Waals surface area contributed by atoms with Crippen LogP contribution in [-0.2, 0) is 19.6 Å². The molecular formula is C16H16F17N2NaO6S. The molecule has 1 atom stereocenters. The monoisotopic (exact) mass is 710 g/mol. The van der Waals surface area contributed by atoms with Crippen LogP contribution in [0.15, 0.2) is 0 Å². The maximum absolute atomic E-state index is 13.5. The summed E-state index contributed by atoms with van der Waals surface area (Å²) in [6.45, 7) is -0.312. The van der Waals surface area contributed by atoms with Gasteiger partial charge in [-0.25, -0.2) is 13.1 Å². The van der Waals surface area contributed by atoms with Crippen molar-refractivity contribution in [2.75, 3.05) is 6.54 Å². The van der Waals surface area contributed by atoms with Crippen LogP contribution in [0.3, 0.4) is 0 Å². The SMILES string of the molecule is CCCNS(=O)(=O)C(F)(F)C(F)(F)C(F)(F)C(F)(F)C(F)(F)C(F)(F)C(F)(F)C(F)(F)F.NC(CCC(=O)O)C(=O)[O-].[Na+]. The summed E-state index contributed by atoms with van der Waals surface area (Å²) >= 11 is 0. The first kappa shape index (κ1) is 46.0. The molecule has 0 spiro atoms. The summed E-state index contributed by atoms with van der Waals surface area (Å²) in [6, 6.07) is -1.17. The molecule has 0 heterocycles. The fraction of sp³-hybridized carbons (Fsp3) is 0.875. The molecule has 0 rings (SSSR count). The third-order valence-corrected chi connectivity index (χ3v) is 6.06. The molecule has 0 saturated carbocycles. The summed E-state index contributed by atoms with van der Waals surface area (Å²) in [5.41, 5.74) is 4.94. The van der Waals surface area contributed by atoms with Gasteiger partial charge in [0.2, 0.25) is 0 Å². The van der Waals surface area contributed by atoms with Crippen molar-refractivity contribution in [1.82, 2.24) is 4.72 Å². The zero-order chi connectivity index (χ0) is 34.8. The smallest absolute Gasteiger partial charge is 0.548 e. The van der Waals surface area contributed by atoms with Gasteiger partial charge in [0.1, 0.15) is 0 Å². The number of alkyl halides is 17. The van der Waals surface area contributed by atoms with Crippen molar-refractivity contribution >= 4 is 22.0 Å². The average Bonchev–Trinajstić information content (AvgIpc) is 2.79. The number of halogens is 17. The fourth-order valence-electron chi connectivity index (χ4n) is 2.04. The van der Waals surface area contributed by atoms with Crippen LogP contribution in [0.5, 0.6) is 0 Å². The second kappa shape index (κ2) is 14.4. The first-order chi connectivity index (χ1) is 18.1. The zero-order valence-corrected chi connectivity index (χ0v) is 23.6. The van der Waals surface area contributed by atoms with E-state index in [2.05, 4.69) is 0 Å². The van der Waals surface area contributed by atoms with Gasteiger partial charge in [0.15, 0.2) is 0 Å². The summed E-state index contributed by atoms with van der Waals surface area (Å²) in [5, 5.41) is 10.5. The Labute approximate surface area is 250 Å². The van der Waals surface area contributed by atoms with Crippen LogP contribution in [0.4, 0.5) is 74.6 Å². The third-order valence-electron chi connectivity index (χ3n) is 4.54. The summed E-state index contributed by atoms with van der Waals surface area (Å²) < 4.78 is 243. The van der Waals surface area contributed by atoms with Crippen LogP contribution >= 0.6 is 0 Å². The Bertz CT molecular complexity index is 1070. The summed E-state index contributed by atoms with van der Waals surface area (Å²) in [5.74, 6) is -53.9. The molecule has 0 aliphatic rings. The molecule has 0 aromatic rings. The number of carbonyl (C=O) groups excluding carboxylic acids is 1. The van der Waals surface area contributed by atoms with Gasteiger partial charge in [-0.2, -0.15) is 74.6 Å². The molecule has 0 aromatic carbocycles. The molecule has 1 unspecified atom stereocenters. The minimum atomic E-state index is -8.81. The quantitative estimate of drug-likeness (QED) is 0.173. The van der Waals surface area contributed by atoms with Gasteiger partial charge in [0.25, 0.3) is 10.0 Å². The van der Waals surface area contributed by atoms with Gasteiger partial charge in [-0.1, -0.05) is 6.92 Å². The molecule has 0 amide bonds. The summed E-state index contributed by atoms with van der Waals surface area (Å²) in [6.07, 6.45) is -8.72. The van der Waals surface area contributed by atoms with Crippen molar-refractivity contribution < 1.29 is 132 Å². The second-order valence-electron chi connectivity index (χ2n) is 7.72. The predicted octanol–water partition coefficient (Wildman–Crippen LogP) is 0.215. The maximum Gasteiger partial charge on any atom is 1.00 e. The first-order valence-corrected chi connectivity index (χ1v) is 11.5. The topological polar surface area (TPSA) is 150 Å². The summed E-state index contributed by atoms with van der Waals surface area (Å²) in [4.78, 5) is 19.7. The number of sulfonamides is 1. The van der Waals surface area contributed by atoms with E-state index in [1.807, 2.05) is 0 Å². The summed E-state index contributed by atoms with van der Waals surface area (Å²) in [7, 11) is -7.16. The molecule has 43 heavy (non-hydrogen) atoms. The molecular weight excluding hydrogens is 694 g/mol. The molecule has 8 nitrogen and oxygen atoms in total. The zero-order valence-electron chi connectivity index (χ0n) is 20.8. The van der Waals surface area contributed by atoms with Gasteiger partial charge in [-0.05, 0) is 12.8 Å². The normalized spacial score (nSPS) is 15.1. The van der Waals surface area contributed by atoms with Gasteiger partial charge in [0, 0.05) is 19.0 Å². The number of hydrogen-bond acceptors (Lipinski definition) is 6. The van der Waals surface area contributed by atoms with Crippen LogP contribution in [-0.4, -0.2) is 85.0 Å². The number of hydrogen-bond donors (Lipinski definition) is 3. The van der Waals surface area contributed by atoms with E-state index in [1.54, 1.807) is 0 Å². The average molecular weight is 710 g/mol. The van der Waals surface area contributed by atoms with E-state index in [9.17, 15) is 97.8 Å². The third kappa shape index (κ3) is 8.46. The first-order valence-electron chi connectivity index (χ1n) is 9.98. The van der Waals surface area contributed by atoms with Gasteiger partial charge < -0.3 is 20.7 Å². The van der Waals surface area contributed by atoms with Crippen molar-refractivity contribution in [3.63, 3.8) is 0 Å². The van der Waals surface area contributed by atoms with Crippen LogP contribution < -0.4 is 45.1 Å². The van der Waals surface area contributed by atoms with Gasteiger partial charge in [-0.15, -0.1) is 0 Å². The molecule has 0 aliphatic carbocycles. The molecule has 27 heteroatoms. The van der Waals surface area contributed by atoms with E-state index in [0.717, 1.165) is 6.92 Å². The molecule has 0 radical (unpaired) electrons. The minimum absolute atomic E-state index is 0. The van der Waals surface area contributed by atoms with Crippen molar-refractivity contribution in [1.29, 1.82) is 0 Å². The van der Waals surface area contributed by atoms with Crippen molar-refractivity contribution in [3.05, 3.63) is 0 Å². The molecule has 0 aliphatic heterocycles.